The molecule has 192 valence electrons. The van der Waals surface area contributed by atoms with Crippen LogP contribution in [-0.2, 0) is 12.0 Å². The Bertz CT molecular complexity index is 1260. The summed E-state index contributed by atoms with van der Waals surface area (Å²) >= 11 is 0. The monoisotopic (exact) mass is 498 g/mol. The molecular formula is C31H35FN4O. The molecule has 4 saturated carbocycles. The third-order valence-electron chi connectivity index (χ3n) is 9.46. The molecule has 4 bridgehead atoms. The molecule has 5 aliphatic rings. The number of para-hydroxylation sites is 1. The fourth-order valence-corrected chi connectivity index (χ4v) is 8.21. The molecule has 0 spiro atoms. The van der Waals surface area contributed by atoms with Gasteiger partial charge in [0.1, 0.15) is 5.82 Å². The Labute approximate surface area is 218 Å². The summed E-state index contributed by atoms with van der Waals surface area (Å²) in [5, 5.41) is 5.19. The summed E-state index contributed by atoms with van der Waals surface area (Å²) in [6.07, 6.45) is 9.68. The average Bonchev–Trinajstić information content (AvgIpc) is 3.35. The van der Waals surface area contributed by atoms with Crippen LogP contribution in [0.4, 0.5) is 4.39 Å². The largest absolute Gasteiger partial charge is 0.336 e. The van der Waals surface area contributed by atoms with Crippen molar-refractivity contribution in [2.75, 3.05) is 26.2 Å². The Morgan fingerprint density at radius 3 is 2.22 bits per heavy atom. The fourth-order valence-electron chi connectivity index (χ4n) is 8.21. The van der Waals surface area contributed by atoms with Gasteiger partial charge in [0, 0.05) is 44.3 Å². The molecular weight excluding hydrogens is 463 g/mol. The summed E-state index contributed by atoms with van der Waals surface area (Å²) < 4.78 is 15.6. The first kappa shape index (κ1) is 23.2. The van der Waals surface area contributed by atoms with E-state index in [4.69, 9.17) is 5.10 Å². The Morgan fingerprint density at radius 2 is 1.57 bits per heavy atom. The van der Waals surface area contributed by atoms with Gasteiger partial charge in [0.25, 0.3) is 5.91 Å². The Morgan fingerprint density at radius 1 is 0.892 bits per heavy atom. The van der Waals surface area contributed by atoms with Gasteiger partial charge in [0.05, 0.1) is 16.9 Å². The summed E-state index contributed by atoms with van der Waals surface area (Å²) in [6, 6.07) is 17.0. The van der Waals surface area contributed by atoms with Crippen molar-refractivity contribution in [1.82, 2.24) is 19.6 Å². The van der Waals surface area contributed by atoms with Crippen molar-refractivity contribution in [3.8, 4) is 5.69 Å². The summed E-state index contributed by atoms with van der Waals surface area (Å²) in [6.45, 7) is 3.67. The van der Waals surface area contributed by atoms with E-state index in [2.05, 4.69) is 17.0 Å². The van der Waals surface area contributed by atoms with Crippen LogP contribution in [0.15, 0.2) is 60.8 Å². The number of carbonyl (C=O) groups excluding carboxylic acids is 1. The van der Waals surface area contributed by atoms with Crippen molar-refractivity contribution in [2.45, 2.75) is 50.5 Å². The molecule has 3 aromatic rings. The van der Waals surface area contributed by atoms with Crippen LogP contribution < -0.4 is 0 Å². The summed E-state index contributed by atoms with van der Waals surface area (Å²) in [7, 11) is 0. The third kappa shape index (κ3) is 4.29. The maximum Gasteiger partial charge on any atom is 0.257 e. The lowest BCUT2D eigenvalue weighted by atomic mass is 9.48. The second-order valence-electron chi connectivity index (χ2n) is 12.1. The van der Waals surface area contributed by atoms with Crippen molar-refractivity contribution in [2.24, 2.45) is 17.8 Å². The second kappa shape index (κ2) is 9.09. The molecule has 5 nitrogen and oxygen atoms in total. The molecule has 8 rings (SSSR count). The summed E-state index contributed by atoms with van der Waals surface area (Å²) in [5.41, 5.74) is 3.91. The molecule has 0 atom stereocenters. The number of rotatable bonds is 5. The SMILES string of the molecule is O=C(c1cn(-c2ccccc2)nc1C12CC3CC(CC(C3)C1)C2)N1CCN(Cc2cccc(F)c2)CC1. The van der Waals surface area contributed by atoms with Crippen LogP contribution in [0.5, 0.6) is 0 Å². The zero-order chi connectivity index (χ0) is 25.0. The Hall–Kier alpha value is -2.99. The number of hydrogen-bond donors (Lipinski definition) is 0. The molecule has 4 aliphatic carbocycles. The maximum absolute atomic E-state index is 14.1. The van der Waals surface area contributed by atoms with Crippen molar-refractivity contribution >= 4 is 5.91 Å². The molecule has 1 amide bonds. The number of carbonyl (C=O) groups is 1. The van der Waals surface area contributed by atoms with E-state index in [0.29, 0.717) is 19.6 Å². The lowest BCUT2D eigenvalue weighted by Crippen LogP contribution is -2.51. The third-order valence-corrected chi connectivity index (χ3v) is 9.46. The number of amides is 1. The maximum atomic E-state index is 14.1. The minimum absolute atomic E-state index is 0.0545. The smallest absolute Gasteiger partial charge is 0.257 e. The molecule has 37 heavy (non-hydrogen) atoms. The average molecular weight is 499 g/mol. The van der Waals surface area contributed by atoms with E-state index >= 15 is 0 Å². The molecule has 6 heteroatoms. The van der Waals surface area contributed by atoms with E-state index in [9.17, 15) is 9.18 Å². The van der Waals surface area contributed by atoms with Gasteiger partial charge in [-0.05, 0) is 86.1 Å². The number of nitrogens with zero attached hydrogens (tertiary/aromatic N) is 4. The van der Waals surface area contributed by atoms with E-state index in [0.717, 1.165) is 53.4 Å². The van der Waals surface area contributed by atoms with E-state index < -0.39 is 0 Å². The van der Waals surface area contributed by atoms with Gasteiger partial charge < -0.3 is 4.90 Å². The molecule has 0 N–H and O–H groups in total. The van der Waals surface area contributed by atoms with Crippen LogP contribution in [0.1, 0.15) is 60.1 Å². The Kier molecular flexibility index (Phi) is 5.69. The minimum atomic E-state index is -0.195. The van der Waals surface area contributed by atoms with Gasteiger partial charge in [-0.2, -0.15) is 5.10 Å². The van der Waals surface area contributed by atoms with Crippen molar-refractivity contribution in [3.63, 3.8) is 0 Å². The topological polar surface area (TPSA) is 41.4 Å². The predicted octanol–water partition coefficient (Wildman–Crippen LogP) is 5.44. The van der Waals surface area contributed by atoms with Crippen molar-refractivity contribution < 1.29 is 9.18 Å². The van der Waals surface area contributed by atoms with Gasteiger partial charge in [0.2, 0.25) is 0 Å². The molecule has 1 saturated heterocycles. The quantitative estimate of drug-likeness (QED) is 0.471. The molecule has 1 aliphatic heterocycles. The summed E-state index contributed by atoms with van der Waals surface area (Å²) in [5.74, 6) is 2.31. The first-order valence-electron chi connectivity index (χ1n) is 14.0. The summed E-state index contributed by atoms with van der Waals surface area (Å²) in [4.78, 5) is 18.4. The van der Waals surface area contributed by atoms with Gasteiger partial charge in [-0.1, -0.05) is 30.3 Å². The van der Waals surface area contributed by atoms with Gasteiger partial charge in [-0.25, -0.2) is 9.07 Å². The fraction of sp³-hybridized carbons (Fsp3) is 0.484. The Balaban J connectivity index is 1.15. The van der Waals surface area contributed by atoms with Crippen molar-refractivity contribution in [1.29, 1.82) is 0 Å². The van der Waals surface area contributed by atoms with Crippen LogP contribution in [-0.4, -0.2) is 51.7 Å². The molecule has 0 radical (unpaired) electrons. The number of benzene rings is 2. The standard InChI is InChI=1S/C31H35FN4O/c32-26-6-4-5-22(16-26)20-34-9-11-35(12-10-34)30(37)28-21-36(27-7-2-1-3-8-27)33-29(28)31-17-23-13-24(18-31)15-25(14-23)19-31/h1-8,16,21,23-25H,9-15,17-20H2. The van der Waals surface area contributed by atoms with E-state index in [-0.39, 0.29) is 17.1 Å². The highest BCUT2D eigenvalue weighted by molar-refractivity contribution is 5.95. The van der Waals surface area contributed by atoms with Crippen LogP contribution in [0.25, 0.3) is 5.69 Å². The van der Waals surface area contributed by atoms with Gasteiger partial charge >= 0.3 is 0 Å². The molecule has 2 aromatic carbocycles. The normalized spacial score (nSPS) is 29.1. The number of piperazine rings is 1. The number of aromatic nitrogens is 2. The zero-order valence-corrected chi connectivity index (χ0v) is 21.4. The van der Waals surface area contributed by atoms with E-state index in [1.54, 1.807) is 12.1 Å². The highest BCUT2D eigenvalue weighted by Gasteiger charge is 2.54. The van der Waals surface area contributed by atoms with Crippen LogP contribution in [0.2, 0.25) is 0 Å². The lowest BCUT2D eigenvalue weighted by Gasteiger charge is -2.56. The van der Waals surface area contributed by atoms with Crippen LogP contribution in [0, 0.1) is 23.6 Å². The van der Waals surface area contributed by atoms with Crippen LogP contribution >= 0.6 is 0 Å². The van der Waals surface area contributed by atoms with Gasteiger partial charge in [-0.15, -0.1) is 0 Å². The zero-order valence-electron chi connectivity index (χ0n) is 21.4. The highest BCUT2D eigenvalue weighted by atomic mass is 19.1. The number of halogens is 1. The number of hydrogen-bond acceptors (Lipinski definition) is 3. The van der Waals surface area contributed by atoms with E-state index in [1.807, 2.05) is 40.0 Å². The van der Waals surface area contributed by atoms with Gasteiger partial charge in [-0.3, -0.25) is 9.69 Å². The second-order valence-corrected chi connectivity index (χ2v) is 12.1. The van der Waals surface area contributed by atoms with E-state index in [1.165, 1.54) is 44.6 Å². The highest BCUT2D eigenvalue weighted by Crippen LogP contribution is 2.61. The van der Waals surface area contributed by atoms with Crippen LogP contribution in [0.3, 0.4) is 0 Å². The molecule has 5 fully saturated rings. The van der Waals surface area contributed by atoms with Gasteiger partial charge in [0.15, 0.2) is 0 Å². The first-order valence-corrected chi connectivity index (χ1v) is 14.0. The molecule has 1 aromatic heterocycles. The molecule has 0 unspecified atom stereocenters. The first-order chi connectivity index (χ1) is 18.0. The minimum Gasteiger partial charge on any atom is -0.336 e. The van der Waals surface area contributed by atoms with Crippen molar-refractivity contribution in [3.05, 3.63) is 83.4 Å². The molecule has 2 heterocycles. The lowest BCUT2D eigenvalue weighted by molar-refractivity contribution is -0.00793. The predicted molar refractivity (Wildman–Crippen MR) is 141 cm³/mol.